The van der Waals surface area contributed by atoms with Crippen LogP contribution in [0.15, 0.2) is 0 Å². The number of nitrogens with zero attached hydrogens (tertiary/aromatic N) is 1. The Bertz CT molecular complexity index is 539. The van der Waals surface area contributed by atoms with Crippen LogP contribution in [-0.4, -0.2) is 114 Å². The number of nitrogens with two attached hydrogens (primary N) is 1. The van der Waals surface area contributed by atoms with Gasteiger partial charge in [0.05, 0.1) is 12.6 Å². The molecule has 0 saturated carbocycles. The molecule has 11 nitrogen and oxygen atoms in total. The van der Waals surface area contributed by atoms with Gasteiger partial charge >= 0.3 is 0 Å². The zero-order valence-electron chi connectivity index (χ0n) is 19.0. The highest BCUT2D eigenvalue weighted by Gasteiger charge is 2.35. The minimum Gasteiger partial charge on any atom is -0.394 e. The van der Waals surface area contributed by atoms with Crippen molar-refractivity contribution in [3.05, 3.63) is 0 Å². The van der Waals surface area contributed by atoms with Crippen molar-refractivity contribution in [2.24, 2.45) is 5.73 Å². The smallest absolute Gasteiger partial charge is 0.239 e. The lowest BCUT2D eigenvalue weighted by Crippen LogP contribution is -2.54. The average Bonchev–Trinajstić information content (AvgIpc) is 2.76. The van der Waals surface area contributed by atoms with Gasteiger partial charge in [-0.3, -0.25) is 9.59 Å². The fourth-order valence-corrected chi connectivity index (χ4v) is 3.48. The molecule has 0 aromatic heterocycles. The molecule has 1 fully saturated rings. The van der Waals surface area contributed by atoms with Crippen molar-refractivity contribution in [2.75, 3.05) is 46.1 Å². The summed E-state index contributed by atoms with van der Waals surface area (Å²) in [4.78, 5) is 25.2. The zero-order chi connectivity index (χ0) is 23.9. The lowest BCUT2D eigenvalue weighted by atomic mass is 10.0. The Morgan fingerprint density at radius 2 is 1.84 bits per heavy atom. The molecule has 0 spiro atoms. The van der Waals surface area contributed by atoms with Crippen LogP contribution in [0.25, 0.3) is 0 Å². The van der Waals surface area contributed by atoms with Gasteiger partial charge < -0.3 is 45.9 Å². The number of hydrogen-bond acceptors (Lipinski definition) is 9. The largest absolute Gasteiger partial charge is 0.394 e. The monoisotopic (exact) mass is 463 g/mol. The molecule has 2 amide bonds. The highest BCUT2D eigenvalue weighted by atomic mass is 16.5. The van der Waals surface area contributed by atoms with E-state index in [4.69, 9.17) is 15.2 Å². The molecule has 1 heterocycles. The molecule has 5 atom stereocenters. The molecule has 7 N–H and O–H groups in total. The molecule has 1 aliphatic heterocycles. The number of ether oxygens (including phenoxy) is 2. The van der Waals surface area contributed by atoms with Gasteiger partial charge in [-0.1, -0.05) is 0 Å². The topological polar surface area (TPSA) is 175 Å². The molecule has 1 aliphatic rings. The highest BCUT2D eigenvalue weighted by Crippen LogP contribution is 2.14. The van der Waals surface area contributed by atoms with Crippen molar-refractivity contribution in [1.82, 2.24) is 10.2 Å². The van der Waals surface area contributed by atoms with Crippen LogP contribution in [0.1, 0.15) is 45.4 Å². The van der Waals surface area contributed by atoms with Crippen molar-refractivity contribution >= 4 is 11.8 Å². The summed E-state index contributed by atoms with van der Waals surface area (Å²) in [5.74, 6) is -0.470. The number of amides is 2. The van der Waals surface area contributed by atoms with E-state index in [9.17, 15) is 30.0 Å². The van der Waals surface area contributed by atoms with Gasteiger partial charge in [-0.15, -0.1) is 0 Å². The van der Waals surface area contributed by atoms with Gasteiger partial charge in [0.25, 0.3) is 0 Å². The lowest BCUT2D eigenvalue weighted by Gasteiger charge is -2.34. The number of carbonyl (C=O) groups excluding carboxylic acids is 2. The molecular weight excluding hydrogens is 422 g/mol. The van der Waals surface area contributed by atoms with E-state index < -0.39 is 37.1 Å². The van der Waals surface area contributed by atoms with E-state index in [1.165, 1.54) is 11.8 Å². The second-order valence-corrected chi connectivity index (χ2v) is 8.19. The van der Waals surface area contributed by atoms with Crippen LogP contribution in [-0.2, 0) is 19.1 Å². The predicted octanol–water partition coefficient (Wildman–Crippen LogP) is -1.89. The molecule has 0 radical (unpaired) electrons. The van der Waals surface area contributed by atoms with E-state index >= 15 is 0 Å². The van der Waals surface area contributed by atoms with Crippen molar-refractivity contribution in [2.45, 2.75) is 75.9 Å². The number of hydrogen-bond donors (Lipinski definition) is 6. The van der Waals surface area contributed by atoms with Crippen LogP contribution in [0.5, 0.6) is 0 Å². The summed E-state index contributed by atoms with van der Waals surface area (Å²) in [6.45, 7) is 2.59. The standard InChI is InChI=1S/C21H41N3O8/c1-15(26)23-8-3-2-7-16(22)21(30)24-9-6-11-31-10-4-5-12-32-20(18(28)14-25)19(29)17(27)13-24/h16-20,25,27-29H,2-14,22H2,1H3,(H,23,26)/t16-,17+,18+,19+,20+/m0/s1. The first-order valence-corrected chi connectivity index (χ1v) is 11.4. The molecule has 0 unspecified atom stereocenters. The van der Waals surface area contributed by atoms with Crippen LogP contribution >= 0.6 is 0 Å². The third kappa shape index (κ3) is 11.0. The highest BCUT2D eigenvalue weighted by molar-refractivity contribution is 5.81. The average molecular weight is 464 g/mol. The Balaban J connectivity index is 2.76. The number of rotatable bonds is 8. The molecule has 11 heteroatoms. The first kappa shape index (κ1) is 28.7. The van der Waals surface area contributed by atoms with Crippen LogP contribution in [0, 0.1) is 0 Å². The summed E-state index contributed by atoms with van der Waals surface area (Å²) in [6, 6.07) is -0.786. The summed E-state index contributed by atoms with van der Waals surface area (Å²) in [5, 5.41) is 43.1. The van der Waals surface area contributed by atoms with Gasteiger partial charge in [-0.05, 0) is 38.5 Å². The Labute approximate surface area is 189 Å². The minimum atomic E-state index is -1.50. The van der Waals surface area contributed by atoms with E-state index in [1.807, 2.05) is 0 Å². The zero-order valence-corrected chi connectivity index (χ0v) is 19.0. The molecule has 188 valence electrons. The van der Waals surface area contributed by atoms with Crippen molar-refractivity contribution in [3.8, 4) is 0 Å². The van der Waals surface area contributed by atoms with Gasteiger partial charge in [0.1, 0.15) is 24.4 Å². The molecule has 0 aliphatic carbocycles. The minimum absolute atomic E-state index is 0.112. The maximum Gasteiger partial charge on any atom is 0.239 e. The van der Waals surface area contributed by atoms with E-state index in [2.05, 4.69) is 5.32 Å². The molecular formula is C21H41N3O8. The Hall–Kier alpha value is -1.34. The molecule has 0 bridgehead atoms. The van der Waals surface area contributed by atoms with Crippen LogP contribution in [0.4, 0.5) is 0 Å². The summed E-state index contributed by atoms with van der Waals surface area (Å²) in [7, 11) is 0. The van der Waals surface area contributed by atoms with Crippen LogP contribution < -0.4 is 11.1 Å². The second-order valence-electron chi connectivity index (χ2n) is 8.19. The summed E-state index contributed by atoms with van der Waals surface area (Å²) in [5.41, 5.74) is 6.08. The number of aliphatic hydroxyl groups is 4. The van der Waals surface area contributed by atoms with Crippen molar-refractivity contribution in [1.29, 1.82) is 0 Å². The number of nitrogens with one attached hydrogen (secondary N) is 1. The fraction of sp³-hybridized carbons (Fsp3) is 0.905. The third-order valence-electron chi connectivity index (χ3n) is 5.36. The van der Waals surface area contributed by atoms with Crippen LogP contribution in [0.2, 0.25) is 0 Å². The van der Waals surface area contributed by atoms with Gasteiger partial charge in [-0.2, -0.15) is 0 Å². The number of aliphatic hydroxyl groups excluding tert-OH is 4. The van der Waals surface area contributed by atoms with Gasteiger partial charge in [0.15, 0.2) is 0 Å². The normalized spacial score (nSPS) is 26.1. The Morgan fingerprint density at radius 3 is 2.53 bits per heavy atom. The maximum atomic E-state index is 12.9. The number of carbonyl (C=O) groups is 2. The Morgan fingerprint density at radius 1 is 1.16 bits per heavy atom. The summed E-state index contributed by atoms with van der Waals surface area (Å²) >= 11 is 0. The lowest BCUT2D eigenvalue weighted by molar-refractivity contribution is -0.152. The molecule has 0 aromatic rings. The van der Waals surface area contributed by atoms with E-state index in [0.717, 1.165) is 0 Å². The van der Waals surface area contributed by atoms with E-state index in [1.54, 1.807) is 0 Å². The fourth-order valence-electron chi connectivity index (χ4n) is 3.48. The number of unbranched alkanes of at least 4 members (excludes halogenated alkanes) is 1. The maximum absolute atomic E-state index is 12.9. The Kier molecular flexibility index (Phi) is 14.6. The van der Waals surface area contributed by atoms with Crippen molar-refractivity contribution < 1.29 is 39.5 Å². The summed E-state index contributed by atoms with van der Waals surface area (Å²) < 4.78 is 11.1. The molecule has 1 rings (SSSR count). The quantitative estimate of drug-likeness (QED) is 0.225. The van der Waals surface area contributed by atoms with E-state index in [0.29, 0.717) is 58.3 Å². The van der Waals surface area contributed by atoms with Gasteiger partial charge in [0.2, 0.25) is 11.8 Å². The first-order chi connectivity index (χ1) is 15.3. The van der Waals surface area contributed by atoms with Gasteiger partial charge in [0, 0.05) is 46.4 Å². The summed E-state index contributed by atoms with van der Waals surface area (Å²) in [6.07, 6.45) is -1.83. The number of β-amino-alcohol motifs (C(OH)–C–C–N with tert-alkyl or cyclic N) is 1. The van der Waals surface area contributed by atoms with Crippen LogP contribution in [0.3, 0.4) is 0 Å². The van der Waals surface area contributed by atoms with Gasteiger partial charge in [-0.25, -0.2) is 0 Å². The molecule has 1 saturated heterocycles. The van der Waals surface area contributed by atoms with Crippen molar-refractivity contribution in [3.63, 3.8) is 0 Å². The van der Waals surface area contributed by atoms with E-state index in [-0.39, 0.29) is 31.5 Å². The second kappa shape index (κ2) is 16.3. The first-order valence-electron chi connectivity index (χ1n) is 11.4. The molecule has 0 aromatic carbocycles. The third-order valence-corrected chi connectivity index (χ3v) is 5.36. The predicted molar refractivity (Wildman–Crippen MR) is 117 cm³/mol. The molecule has 32 heavy (non-hydrogen) atoms. The SMILES string of the molecule is CC(=O)NCCCC[C@H](N)C(=O)N1CCCOCCCCO[C@H]([C@H](O)CO)[C@H](O)[C@H](O)C1.